The zero-order chi connectivity index (χ0) is 33.0. The molecule has 3 fully saturated rings. The van der Waals surface area contributed by atoms with Gasteiger partial charge in [-0.1, -0.05) is 33.6 Å². The van der Waals surface area contributed by atoms with Crippen LogP contribution in [0.1, 0.15) is 52.9 Å². The van der Waals surface area contributed by atoms with Crippen LogP contribution in [-0.2, 0) is 19.2 Å². The summed E-state index contributed by atoms with van der Waals surface area (Å²) in [7, 11) is 0. The van der Waals surface area contributed by atoms with Crippen molar-refractivity contribution in [1.82, 2.24) is 20.1 Å². The fourth-order valence-corrected chi connectivity index (χ4v) is 5.10. The summed E-state index contributed by atoms with van der Waals surface area (Å²) in [6.45, 7) is 7.15. The van der Waals surface area contributed by atoms with Gasteiger partial charge in [0.05, 0.1) is 18.5 Å². The van der Waals surface area contributed by atoms with E-state index in [1.54, 1.807) is 11.4 Å². The Hall–Kier alpha value is -3.96. The molecule has 2 saturated heterocycles. The van der Waals surface area contributed by atoms with Gasteiger partial charge in [0.25, 0.3) is 5.91 Å². The lowest BCUT2D eigenvalue weighted by molar-refractivity contribution is -0.169. The van der Waals surface area contributed by atoms with Gasteiger partial charge in [-0.15, -0.1) is 0 Å². The van der Waals surface area contributed by atoms with Crippen LogP contribution in [-0.4, -0.2) is 88.6 Å². The quantitative estimate of drug-likeness (QED) is 0.309. The van der Waals surface area contributed by atoms with Gasteiger partial charge < -0.3 is 25.5 Å². The maximum Gasteiger partial charge on any atom is 0.383 e. The number of nitriles is 1. The molecule has 0 spiro atoms. The molecule has 3 aliphatic rings. The summed E-state index contributed by atoms with van der Waals surface area (Å²) in [5, 5.41) is 22.5. The van der Waals surface area contributed by atoms with Crippen LogP contribution in [0.2, 0.25) is 0 Å². The highest BCUT2D eigenvalue weighted by atomic mass is 19.3. The normalized spacial score (nSPS) is 22.5. The van der Waals surface area contributed by atoms with Gasteiger partial charge in [0.15, 0.2) is 11.6 Å². The highest BCUT2D eigenvalue weighted by Crippen LogP contribution is 2.36. The highest BCUT2D eigenvalue weighted by molar-refractivity contribution is 5.93. The van der Waals surface area contributed by atoms with Crippen molar-refractivity contribution in [3.8, 4) is 11.8 Å². The number of carbonyl (C=O) groups is 4. The van der Waals surface area contributed by atoms with E-state index in [9.17, 15) is 41.8 Å². The van der Waals surface area contributed by atoms with Crippen molar-refractivity contribution < 1.29 is 41.8 Å². The molecule has 1 aromatic heterocycles. The van der Waals surface area contributed by atoms with Gasteiger partial charge in [0, 0.05) is 25.8 Å². The van der Waals surface area contributed by atoms with E-state index in [1.807, 2.05) is 6.07 Å². The first-order valence-electron chi connectivity index (χ1n) is 14.5. The number of amides is 4. The molecule has 0 bridgehead atoms. The number of anilines is 1. The Morgan fingerprint density at radius 3 is 2.23 bits per heavy atom. The van der Waals surface area contributed by atoms with Gasteiger partial charge in [-0.2, -0.15) is 14.0 Å². The molecule has 44 heavy (non-hydrogen) atoms. The number of aromatic hydroxyl groups is 1. The number of alkyl halides is 4. The van der Waals surface area contributed by atoms with Crippen molar-refractivity contribution in [2.75, 3.05) is 31.5 Å². The summed E-state index contributed by atoms with van der Waals surface area (Å²) in [5.74, 6) is -6.57. The smallest absolute Gasteiger partial charge is 0.383 e. The van der Waals surface area contributed by atoms with E-state index in [4.69, 9.17) is 5.26 Å². The first-order valence-corrected chi connectivity index (χ1v) is 14.5. The fraction of sp³-hybridized carbons (Fsp3) is 0.655. The first kappa shape index (κ1) is 36.2. The van der Waals surface area contributed by atoms with Crippen molar-refractivity contribution in [3.63, 3.8) is 0 Å². The Balaban J connectivity index is 0.000000275. The Labute approximate surface area is 254 Å². The van der Waals surface area contributed by atoms with Gasteiger partial charge in [0.1, 0.15) is 6.04 Å². The van der Waals surface area contributed by atoms with Gasteiger partial charge in [0.2, 0.25) is 18.2 Å². The molecule has 0 aromatic carbocycles. The fourth-order valence-electron chi connectivity index (χ4n) is 5.10. The molecule has 4 unspecified atom stereocenters. The Bertz CT molecular complexity index is 1160. The number of likely N-dealkylation sites (tertiary alicyclic amines) is 2. The van der Waals surface area contributed by atoms with E-state index < -0.39 is 42.7 Å². The average molecular weight is 629 g/mol. The lowest BCUT2D eigenvalue weighted by Crippen LogP contribution is -2.48. The molecule has 4 amide bonds. The number of pyridine rings is 1. The SMILES string of the molecule is CC(C)C.N#CC1CC(C(=O)Nc2ncccc2O)CN1C=O.O=C(CNC(=O)C(F)(F)C(F)F)N1CC2CCCCC2C1. The standard InChI is InChI=1S/C13H18F4N2O2.C12H12N4O3.C4H10/c14-11(15)13(16,17)12(21)18-5-10(20)19-6-8-3-1-2-4-9(8)7-19;13-5-9-4-8(6-16(9)7-17)12(19)15-11-10(18)2-1-3-14-11;1-4(2)3/h8-9,11H,1-7H2,(H,18,21);1-3,7-9,18H,4,6H2,(H,14,15,19);4H,1-3H3. The molecule has 4 atom stereocenters. The lowest BCUT2D eigenvalue weighted by Gasteiger charge is -2.22. The molecule has 1 aliphatic carbocycles. The summed E-state index contributed by atoms with van der Waals surface area (Å²) in [6.07, 6.45) is 2.56. The van der Waals surface area contributed by atoms with E-state index >= 15 is 0 Å². The molecule has 0 radical (unpaired) electrons. The molecule has 15 heteroatoms. The van der Waals surface area contributed by atoms with Crippen LogP contribution in [0.5, 0.6) is 5.75 Å². The minimum atomic E-state index is -4.76. The van der Waals surface area contributed by atoms with Gasteiger partial charge >= 0.3 is 12.3 Å². The monoisotopic (exact) mass is 628 g/mol. The van der Waals surface area contributed by atoms with E-state index in [0.29, 0.717) is 31.3 Å². The molecule has 3 heterocycles. The number of hydrogen-bond acceptors (Lipinski definition) is 7. The number of fused-ring (bicyclic) bond motifs is 1. The number of carbonyl (C=O) groups excluding carboxylic acids is 4. The molecule has 3 N–H and O–H groups in total. The minimum absolute atomic E-state index is 0.0746. The van der Waals surface area contributed by atoms with Crippen LogP contribution >= 0.6 is 0 Å². The Kier molecular flexibility index (Phi) is 13.8. The maximum absolute atomic E-state index is 12.7. The average Bonchev–Trinajstić information content (AvgIpc) is 3.61. The van der Waals surface area contributed by atoms with Crippen molar-refractivity contribution in [2.45, 2.75) is 71.3 Å². The number of nitrogens with zero attached hydrogens (tertiary/aromatic N) is 4. The number of rotatable bonds is 7. The summed E-state index contributed by atoms with van der Waals surface area (Å²) in [4.78, 5) is 52.2. The number of nitrogens with one attached hydrogen (secondary N) is 2. The Morgan fingerprint density at radius 2 is 1.75 bits per heavy atom. The number of aromatic nitrogens is 1. The van der Waals surface area contributed by atoms with E-state index in [-0.39, 0.29) is 30.4 Å². The predicted octanol–water partition coefficient (Wildman–Crippen LogP) is 3.41. The van der Waals surface area contributed by atoms with Crippen LogP contribution < -0.4 is 10.6 Å². The van der Waals surface area contributed by atoms with Crippen molar-refractivity contribution in [1.29, 1.82) is 5.26 Å². The lowest BCUT2D eigenvalue weighted by atomic mass is 9.82. The molecule has 1 saturated carbocycles. The highest BCUT2D eigenvalue weighted by Gasteiger charge is 2.49. The van der Waals surface area contributed by atoms with E-state index in [2.05, 4.69) is 31.1 Å². The summed E-state index contributed by atoms with van der Waals surface area (Å²) >= 11 is 0. The van der Waals surface area contributed by atoms with Crippen LogP contribution in [0.25, 0.3) is 0 Å². The largest absolute Gasteiger partial charge is 0.504 e. The number of hydrogen-bond donors (Lipinski definition) is 3. The van der Waals surface area contributed by atoms with Gasteiger partial charge in [-0.3, -0.25) is 19.2 Å². The van der Waals surface area contributed by atoms with Crippen LogP contribution in [0, 0.1) is 35.0 Å². The second kappa shape index (κ2) is 16.8. The topological polar surface area (TPSA) is 156 Å². The van der Waals surface area contributed by atoms with Gasteiger partial charge in [-0.05, 0) is 49.1 Å². The zero-order valence-electron chi connectivity index (χ0n) is 25.0. The minimum Gasteiger partial charge on any atom is -0.504 e. The third-order valence-electron chi connectivity index (χ3n) is 7.33. The Morgan fingerprint density at radius 1 is 1.16 bits per heavy atom. The van der Waals surface area contributed by atoms with Crippen LogP contribution in [0.4, 0.5) is 23.4 Å². The second-order valence-electron chi connectivity index (χ2n) is 11.7. The molecule has 11 nitrogen and oxygen atoms in total. The van der Waals surface area contributed by atoms with Crippen LogP contribution in [0.15, 0.2) is 18.3 Å². The molecule has 4 rings (SSSR count). The second-order valence-corrected chi connectivity index (χ2v) is 11.7. The molecule has 1 aromatic rings. The van der Waals surface area contributed by atoms with Crippen LogP contribution in [0.3, 0.4) is 0 Å². The third-order valence-corrected chi connectivity index (χ3v) is 7.33. The summed E-state index contributed by atoms with van der Waals surface area (Å²) < 4.78 is 49.4. The third kappa shape index (κ3) is 10.3. The van der Waals surface area contributed by atoms with Gasteiger partial charge in [-0.25, -0.2) is 13.8 Å². The molecule has 2 aliphatic heterocycles. The first-order chi connectivity index (χ1) is 20.7. The zero-order valence-corrected chi connectivity index (χ0v) is 25.0. The van der Waals surface area contributed by atoms with Crippen molar-refractivity contribution >= 4 is 29.9 Å². The summed E-state index contributed by atoms with van der Waals surface area (Å²) in [5.41, 5.74) is 0. The molecule has 244 valence electrons. The molecular weight excluding hydrogens is 588 g/mol. The predicted molar refractivity (Wildman–Crippen MR) is 151 cm³/mol. The molecular formula is C29H40F4N6O5. The van der Waals surface area contributed by atoms with E-state index in [0.717, 1.165) is 31.6 Å². The van der Waals surface area contributed by atoms with Crippen molar-refractivity contribution in [3.05, 3.63) is 18.3 Å². The maximum atomic E-state index is 12.7. The van der Waals surface area contributed by atoms with Crippen molar-refractivity contribution in [2.24, 2.45) is 23.7 Å². The summed E-state index contributed by atoms with van der Waals surface area (Å²) in [6, 6.07) is 4.35. The van der Waals surface area contributed by atoms with E-state index in [1.165, 1.54) is 22.1 Å². The number of halogens is 4.